The van der Waals surface area contributed by atoms with Gasteiger partial charge in [0, 0.05) is 41.4 Å². The summed E-state index contributed by atoms with van der Waals surface area (Å²) >= 11 is 12.0. The molecule has 3 rings (SSSR count). The molecule has 2 aromatic rings. The number of morpholine rings is 1. The number of ether oxygens (including phenoxy) is 1. The van der Waals surface area contributed by atoms with Gasteiger partial charge in [-0.05, 0) is 41.5 Å². The lowest BCUT2D eigenvalue weighted by Gasteiger charge is -2.26. The SMILES string of the molecule is O=C(/C=C/c1ccc(Cl)cc1Cl)Nc1ccc(CN2CCOCC2)cc1. The molecule has 1 saturated heterocycles. The molecule has 0 saturated carbocycles. The molecule has 0 radical (unpaired) electrons. The maximum absolute atomic E-state index is 12.1. The summed E-state index contributed by atoms with van der Waals surface area (Å²) in [5, 5.41) is 3.92. The van der Waals surface area contributed by atoms with E-state index in [2.05, 4.69) is 10.2 Å². The van der Waals surface area contributed by atoms with E-state index in [-0.39, 0.29) is 5.91 Å². The molecule has 0 aliphatic carbocycles. The smallest absolute Gasteiger partial charge is 0.248 e. The van der Waals surface area contributed by atoms with Gasteiger partial charge in [0.25, 0.3) is 0 Å². The summed E-state index contributed by atoms with van der Waals surface area (Å²) in [5.41, 5.74) is 2.72. The van der Waals surface area contributed by atoms with E-state index in [0.717, 1.165) is 44.1 Å². The third-order valence-electron chi connectivity index (χ3n) is 4.11. The van der Waals surface area contributed by atoms with Crippen LogP contribution in [0.5, 0.6) is 0 Å². The standard InChI is InChI=1S/C20H20Cl2N2O2/c21-17-5-3-16(19(22)13-17)4-8-20(25)23-18-6-1-15(2-7-18)14-24-9-11-26-12-10-24/h1-8,13H,9-12,14H2,(H,23,25)/b8-4+. The number of hydrogen-bond donors (Lipinski definition) is 1. The average molecular weight is 391 g/mol. The van der Waals surface area contributed by atoms with Crippen molar-refractivity contribution >= 4 is 40.9 Å². The molecule has 0 spiro atoms. The van der Waals surface area contributed by atoms with Crippen LogP contribution in [-0.2, 0) is 16.1 Å². The van der Waals surface area contributed by atoms with Crippen molar-refractivity contribution in [3.63, 3.8) is 0 Å². The van der Waals surface area contributed by atoms with Crippen molar-refractivity contribution < 1.29 is 9.53 Å². The number of nitrogens with one attached hydrogen (secondary N) is 1. The number of hydrogen-bond acceptors (Lipinski definition) is 3. The summed E-state index contributed by atoms with van der Waals surface area (Å²) in [6, 6.07) is 13.0. The van der Waals surface area contributed by atoms with Crippen LogP contribution in [0.3, 0.4) is 0 Å². The van der Waals surface area contributed by atoms with Gasteiger partial charge in [0.2, 0.25) is 5.91 Å². The van der Waals surface area contributed by atoms with E-state index in [1.165, 1.54) is 11.6 Å². The second-order valence-electron chi connectivity index (χ2n) is 6.07. The minimum atomic E-state index is -0.211. The predicted molar refractivity (Wildman–Crippen MR) is 107 cm³/mol. The molecule has 6 heteroatoms. The molecule has 1 amide bonds. The molecular formula is C20H20Cl2N2O2. The minimum absolute atomic E-state index is 0.211. The normalized spacial score (nSPS) is 15.3. The molecule has 0 aromatic heterocycles. The Balaban J connectivity index is 1.54. The quantitative estimate of drug-likeness (QED) is 0.765. The predicted octanol–water partition coefficient (Wildman–Crippen LogP) is 4.48. The first-order chi connectivity index (χ1) is 12.6. The van der Waals surface area contributed by atoms with Crippen molar-refractivity contribution in [3.05, 3.63) is 69.7 Å². The van der Waals surface area contributed by atoms with Crippen molar-refractivity contribution in [1.29, 1.82) is 0 Å². The third-order valence-corrected chi connectivity index (χ3v) is 4.67. The summed E-state index contributed by atoms with van der Waals surface area (Å²) < 4.78 is 5.36. The highest BCUT2D eigenvalue weighted by Crippen LogP contribution is 2.22. The van der Waals surface area contributed by atoms with Crippen molar-refractivity contribution in [1.82, 2.24) is 4.90 Å². The molecule has 1 aliphatic rings. The second-order valence-corrected chi connectivity index (χ2v) is 6.92. The van der Waals surface area contributed by atoms with Gasteiger partial charge >= 0.3 is 0 Å². The van der Waals surface area contributed by atoms with Crippen molar-refractivity contribution in [2.24, 2.45) is 0 Å². The monoisotopic (exact) mass is 390 g/mol. The Kier molecular flexibility index (Phi) is 6.69. The highest BCUT2D eigenvalue weighted by Gasteiger charge is 2.10. The Morgan fingerprint density at radius 3 is 2.54 bits per heavy atom. The maximum atomic E-state index is 12.1. The van der Waals surface area contributed by atoms with Crippen LogP contribution in [0.2, 0.25) is 10.0 Å². The Morgan fingerprint density at radius 2 is 1.85 bits per heavy atom. The summed E-state index contributed by atoms with van der Waals surface area (Å²) in [6.45, 7) is 4.38. The van der Waals surface area contributed by atoms with E-state index in [1.54, 1.807) is 24.3 Å². The molecule has 1 N–H and O–H groups in total. The summed E-state index contributed by atoms with van der Waals surface area (Å²) in [4.78, 5) is 14.4. The van der Waals surface area contributed by atoms with Gasteiger partial charge in [0.1, 0.15) is 0 Å². The van der Waals surface area contributed by atoms with Crippen LogP contribution in [0, 0.1) is 0 Å². The van der Waals surface area contributed by atoms with Gasteiger partial charge in [-0.2, -0.15) is 0 Å². The lowest BCUT2D eigenvalue weighted by molar-refractivity contribution is -0.111. The molecule has 2 aromatic carbocycles. The number of carbonyl (C=O) groups excluding carboxylic acids is 1. The molecule has 0 unspecified atom stereocenters. The first-order valence-corrected chi connectivity index (χ1v) is 9.19. The van der Waals surface area contributed by atoms with Gasteiger partial charge in [-0.25, -0.2) is 0 Å². The number of nitrogens with zero attached hydrogens (tertiary/aromatic N) is 1. The van der Waals surface area contributed by atoms with E-state index < -0.39 is 0 Å². The Bertz CT molecular complexity index is 785. The summed E-state index contributed by atoms with van der Waals surface area (Å²) in [7, 11) is 0. The first-order valence-electron chi connectivity index (χ1n) is 8.43. The number of carbonyl (C=O) groups is 1. The maximum Gasteiger partial charge on any atom is 0.248 e. The fraction of sp³-hybridized carbons (Fsp3) is 0.250. The third kappa shape index (κ3) is 5.58. The Morgan fingerprint density at radius 1 is 1.12 bits per heavy atom. The van der Waals surface area contributed by atoms with E-state index in [0.29, 0.717) is 10.0 Å². The van der Waals surface area contributed by atoms with Gasteiger partial charge in [0.05, 0.1) is 13.2 Å². The van der Waals surface area contributed by atoms with Gasteiger partial charge < -0.3 is 10.1 Å². The van der Waals surface area contributed by atoms with E-state index in [4.69, 9.17) is 27.9 Å². The van der Waals surface area contributed by atoms with E-state index >= 15 is 0 Å². The molecular weight excluding hydrogens is 371 g/mol. The van der Waals surface area contributed by atoms with Gasteiger partial charge in [-0.15, -0.1) is 0 Å². The molecule has 136 valence electrons. The van der Waals surface area contributed by atoms with Gasteiger partial charge in [-0.1, -0.05) is 41.4 Å². The minimum Gasteiger partial charge on any atom is -0.379 e. The van der Waals surface area contributed by atoms with Crippen LogP contribution < -0.4 is 5.32 Å². The lowest BCUT2D eigenvalue weighted by Crippen LogP contribution is -2.35. The largest absolute Gasteiger partial charge is 0.379 e. The van der Waals surface area contributed by atoms with Crippen LogP contribution in [0.1, 0.15) is 11.1 Å². The molecule has 1 aliphatic heterocycles. The van der Waals surface area contributed by atoms with Gasteiger partial charge in [0.15, 0.2) is 0 Å². The van der Waals surface area contributed by atoms with E-state index in [9.17, 15) is 4.79 Å². The average Bonchev–Trinajstić information content (AvgIpc) is 2.63. The van der Waals surface area contributed by atoms with Gasteiger partial charge in [-0.3, -0.25) is 9.69 Å². The number of rotatable bonds is 5. The molecule has 0 bridgehead atoms. The number of benzene rings is 2. The fourth-order valence-corrected chi connectivity index (χ4v) is 3.17. The fourth-order valence-electron chi connectivity index (χ4n) is 2.70. The zero-order chi connectivity index (χ0) is 18.4. The number of anilines is 1. The number of amides is 1. The first kappa shape index (κ1) is 18.9. The van der Waals surface area contributed by atoms with Crippen LogP contribution >= 0.6 is 23.2 Å². The Hall–Kier alpha value is -1.85. The number of halogens is 2. The summed E-state index contributed by atoms with van der Waals surface area (Å²) in [6.07, 6.45) is 3.12. The second kappa shape index (κ2) is 9.19. The molecule has 26 heavy (non-hydrogen) atoms. The highest BCUT2D eigenvalue weighted by atomic mass is 35.5. The molecule has 4 nitrogen and oxygen atoms in total. The lowest BCUT2D eigenvalue weighted by atomic mass is 10.2. The summed E-state index contributed by atoms with van der Waals surface area (Å²) in [5.74, 6) is -0.211. The molecule has 1 fully saturated rings. The van der Waals surface area contributed by atoms with Crippen molar-refractivity contribution in [2.45, 2.75) is 6.54 Å². The topological polar surface area (TPSA) is 41.6 Å². The van der Waals surface area contributed by atoms with E-state index in [1.807, 2.05) is 24.3 Å². The Labute approximate surface area is 163 Å². The zero-order valence-electron chi connectivity index (χ0n) is 14.3. The zero-order valence-corrected chi connectivity index (χ0v) is 15.8. The molecule has 0 atom stereocenters. The van der Waals surface area contributed by atoms with Crippen LogP contribution in [0.4, 0.5) is 5.69 Å². The highest BCUT2D eigenvalue weighted by molar-refractivity contribution is 6.35. The van der Waals surface area contributed by atoms with Crippen LogP contribution in [0.25, 0.3) is 6.08 Å². The van der Waals surface area contributed by atoms with Crippen LogP contribution in [0.15, 0.2) is 48.5 Å². The van der Waals surface area contributed by atoms with Crippen LogP contribution in [-0.4, -0.2) is 37.1 Å². The van der Waals surface area contributed by atoms with Crippen molar-refractivity contribution in [2.75, 3.05) is 31.6 Å². The molecule has 1 heterocycles. The van der Waals surface area contributed by atoms with Crippen molar-refractivity contribution in [3.8, 4) is 0 Å².